The molecule has 4 nitrogen and oxygen atoms in total. The molecule has 0 radical (unpaired) electrons. The maximum atomic E-state index is 5.77. The van der Waals surface area contributed by atoms with E-state index < -0.39 is 0 Å². The van der Waals surface area contributed by atoms with Crippen molar-refractivity contribution in [2.75, 3.05) is 20.1 Å². The Hall–Kier alpha value is -0.860. The summed E-state index contributed by atoms with van der Waals surface area (Å²) in [4.78, 5) is 9.69. The van der Waals surface area contributed by atoms with Crippen LogP contribution in [0.15, 0.2) is 35.5 Å². The molecule has 2 rings (SSSR count). The van der Waals surface area contributed by atoms with E-state index >= 15 is 0 Å². The fourth-order valence-electron chi connectivity index (χ4n) is 1.89. The summed E-state index contributed by atoms with van der Waals surface area (Å²) in [6.07, 6.45) is 3.70. The van der Waals surface area contributed by atoms with E-state index in [1.54, 1.807) is 13.2 Å². The molecule has 0 aliphatic heterocycles. The molecule has 0 spiro atoms. The molecule has 2 aromatic heterocycles. The van der Waals surface area contributed by atoms with E-state index in [-0.39, 0.29) is 0 Å². The fraction of sp³-hybridized carbons (Fsp3) is 0.333. The number of aromatic nitrogens is 1. The molecule has 0 amide bonds. The monoisotopic (exact) mass is 448 g/mol. The van der Waals surface area contributed by atoms with Gasteiger partial charge in [-0.2, -0.15) is 0 Å². The fourth-order valence-corrected chi connectivity index (χ4v) is 3.76. The second kappa shape index (κ2) is 9.32. The van der Waals surface area contributed by atoms with Gasteiger partial charge in [0, 0.05) is 31.2 Å². The second-order valence-corrected chi connectivity index (χ2v) is 8.07. The highest BCUT2D eigenvalue weighted by atomic mass is 127. The highest BCUT2D eigenvalue weighted by Gasteiger charge is 2.01. The standard InChI is InChI=1S/C15H18ClIN4S/c1-18-15(20-9-7-12-3-5-14(17)22-12)19-8-6-11-2-4-13(16)21-10-11/h2-5,10H,6-9H2,1H3,(H2,18,19,20). The van der Waals surface area contributed by atoms with Crippen molar-refractivity contribution in [3.05, 3.63) is 48.9 Å². The predicted molar refractivity (Wildman–Crippen MR) is 103 cm³/mol. The summed E-state index contributed by atoms with van der Waals surface area (Å²) in [5.74, 6) is 0.827. The molecule has 118 valence electrons. The number of guanidine groups is 1. The average Bonchev–Trinajstić information content (AvgIpc) is 2.93. The number of nitrogens with zero attached hydrogens (tertiary/aromatic N) is 2. The van der Waals surface area contributed by atoms with Crippen LogP contribution in [0.2, 0.25) is 5.15 Å². The molecular weight excluding hydrogens is 431 g/mol. The molecule has 22 heavy (non-hydrogen) atoms. The minimum absolute atomic E-state index is 0.525. The number of rotatable bonds is 6. The second-order valence-electron chi connectivity index (χ2n) is 4.62. The molecule has 7 heteroatoms. The van der Waals surface area contributed by atoms with E-state index in [1.165, 1.54) is 7.76 Å². The van der Waals surface area contributed by atoms with Crippen molar-refractivity contribution in [1.82, 2.24) is 15.6 Å². The van der Waals surface area contributed by atoms with Crippen LogP contribution in [-0.2, 0) is 12.8 Å². The van der Waals surface area contributed by atoms with Gasteiger partial charge >= 0.3 is 0 Å². The quantitative estimate of drug-likeness (QED) is 0.308. The Morgan fingerprint density at radius 3 is 2.59 bits per heavy atom. The third-order valence-corrected chi connectivity index (χ3v) is 5.19. The molecule has 2 aromatic rings. The maximum absolute atomic E-state index is 5.77. The molecule has 0 bridgehead atoms. The Kier molecular flexibility index (Phi) is 7.41. The van der Waals surface area contributed by atoms with Gasteiger partial charge in [-0.05, 0) is 59.2 Å². The maximum Gasteiger partial charge on any atom is 0.190 e. The van der Waals surface area contributed by atoms with Crippen molar-refractivity contribution < 1.29 is 0 Å². The smallest absolute Gasteiger partial charge is 0.190 e. The van der Waals surface area contributed by atoms with E-state index in [2.05, 4.69) is 55.3 Å². The molecule has 0 atom stereocenters. The first-order valence-corrected chi connectivity index (χ1v) is 9.24. The minimum atomic E-state index is 0.525. The third-order valence-electron chi connectivity index (χ3n) is 3.01. The van der Waals surface area contributed by atoms with Crippen LogP contribution in [0.5, 0.6) is 0 Å². The average molecular weight is 449 g/mol. The zero-order valence-electron chi connectivity index (χ0n) is 12.3. The van der Waals surface area contributed by atoms with Gasteiger partial charge in [0.25, 0.3) is 0 Å². The molecule has 0 fully saturated rings. The Bertz CT molecular complexity index is 612. The number of halogens is 2. The topological polar surface area (TPSA) is 49.3 Å². The lowest BCUT2D eigenvalue weighted by Gasteiger charge is -2.11. The Morgan fingerprint density at radius 1 is 1.23 bits per heavy atom. The van der Waals surface area contributed by atoms with Crippen molar-refractivity contribution in [3.63, 3.8) is 0 Å². The Balaban J connectivity index is 1.67. The van der Waals surface area contributed by atoms with Gasteiger partial charge in [-0.3, -0.25) is 4.99 Å². The summed E-state index contributed by atoms with van der Waals surface area (Å²) in [6, 6.07) is 8.13. The highest BCUT2D eigenvalue weighted by molar-refractivity contribution is 14.1. The third kappa shape index (κ3) is 6.10. The molecular formula is C15H18ClIN4S. The van der Waals surface area contributed by atoms with E-state index in [9.17, 15) is 0 Å². The van der Waals surface area contributed by atoms with Crippen molar-refractivity contribution in [3.8, 4) is 0 Å². The van der Waals surface area contributed by atoms with E-state index in [0.29, 0.717) is 5.15 Å². The highest BCUT2D eigenvalue weighted by Crippen LogP contribution is 2.18. The van der Waals surface area contributed by atoms with Gasteiger partial charge in [-0.25, -0.2) is 4.98 Å². The summed E-state index contributed by atoms with van der Waals surface area (Å²) < 4.78 is 1.33. The van der Waals surface area contributed by atoms with Gasteiger partial charge in [-0.15, -0.1) is 11.3 Å². The van der Waals surface area contributed by atoms with E-state index in [1.807, 2.05) is 23.5 Å². The number of pyridine rings is 1. The van der Waals surface area contributed by atoms with Gasteiger partial charge in [0.05, 0.1) is 2.88 Å². The number of hydrogen-bond acceptors (Lipinski definition) is 3. The molecule has 2 heterocycles. The first-order valence-electron chi connectivity index (χ1n) is 6.96. The number of aliphatic imine (C=N–C) groups is 1. The zero-order valence-corrected chi connectivity index (χ0v) is 16.0. The number of nitrogens with one attached hydrogen (secondary N) is 2. The summed E-state index contributed by atoms with van der Waals surface area (Å²) in [5, 5.41) is 7.16. The summed E-state index contributed by atoms with van der Waals surface area (Å²) in [6.45, 7) is 1.68. The number of hydrogen-bond donors (Lipinski definition) is 2. The molecule has 0 aromatic carbocycles. The summed E-state index contributed by atoms with van der Waals surface area (Å²) in [7, 11) is 1.78. The molecule has 0 unspecified atom stereocenters. The van der Waals surface area contributed by atoms with Gasteiger partial charge in [0.2, 0.25) is 0 Å². The molecule has 0 aliphatic rings. The lowest BCUT2D eigenvalue weighted by molar-refractivity contribution is 0.786. The van der Waals surface area contributed by atoms with Crippen LogP contribution in [0.4, 0.5) is 0 Å². The van der Waals surface area contributed by atoms with Crippen LogP contribution in [-0.4, -0.2) is 31.1 Å². The Morgan fingerprint density at radius 2 is 2.00 bits per heavy atom. The van der Waals surface area contributed by atoms with Crippen molar-refractivity contribution in [2.45, 2.75) is 12.8 Å². The predicted octanol–water partition coefficient (Wildman–Crippen LogP) is 3.35. The first kappa shape index (κ1) is 17.5. The molecule has 0 aliphatic carbocycles. The lowest BCUT2D eigenvalue weighted by Crippen LogP contribution is -2.39. The van der Waals surface area contributed by atoms with Crippen LogP contribution >= 0.6 is 45.5 Å². The molecule has 2 N–H and O–H groups in total. The van der Waals surface area contributed by atoms with Gasteiger partial charge in [-0.1, -0.05) is 17.7 Å². The summed E-state index contributed by atoms with van der Waals surface area (Å²) >= 11 is 9.95. The van der Waals surface area contributed by atoms with Crippen LogP contribution in [0.1, 0.15) is 10.4 Å². The summed E-state index contributed by atoms with van der Waals surface area (Å²) in [5.41, 5.74) is 1.15. The van der Waals surface area contributed by atoms with Crippen molar-refractivity contribution >= 4 is 51.5 Å². The van der Waals surface area contributed by atoms with Gasteiger partial charge in [0.15, 0.2) is 5.96 Å². The van der Waals surface area contributed by atoms with Crippen LogP contribution in [0.25, 0.3) is 0 Å². The van der Waals surface area contributed by atoms with Crippen molar-refractivity contribution in [2.24, 2.45) is 4.99 Å². The largest absolute Gasteiger partial charge is 0.356 e. The minimum Gasteiger partial charge on any atom is -0.356 e. The SMILES string of the molecule is CN=C(NCCc1ccc(Cl)nc1)NCCc1ccc(I)s1. The van der Waals surface area contributed by atoms with Gasteiger partial charge in [0.1, 0.15) is 5.15 Å². The lowest BCUT2D eigenvalue weighted by atomic mass is 10.2. The molecule has 0 saturated heterocycles. The van der Waals surface area contributed by atoms with Crippen LogP contribution in [0.3, 0.4) is 0 Å². The first-order chi connectivity index (χ1) is 10.7. The zero-order chi connectivity index (χ0) is 15.8. The van der Waals surface area contributed by atoms with E-state index in [4.69, 9.17) is 11.6 Å². The van der Waals surface area contributed by atoms with E-state index in [0.717, 1.165) is 37.5 Å². The normalized spacial score (nSPS) is 11.5. The Labute approximate surface area is 153 Å². The van der Waals surface area contributed by atoms with Gasteiger partial charge < -0.3 is 10.6 Å². The van der Waals surface area contributed by atoms with Crippen molar-refractivity contribution in [1.29, 1.82) is 0 Å². The molecule has 0 saturated carbocycles. The van der Waals surface area contributed by atoms with Crippen LogP contribution < -0.4 is 10.6 Å². The number of thiophene rings is 1. The van der Waals surface area contributed by atoms with Crippen LogP contribution in [0, 0.1) is 2.88 Å².